The maximum absolute atomic E-state index is 12.0. The van der Waals surface area contributed by atoms with Crippen LogP contribution in [-0.2, 0) is 9.59 Å². The van der Waals surface area contributed by atoms with Gasteiger partial charge in [0.1, 0.15) is 0 Å². The van der Waals surface area contributed by atoms with Crippen LogP contribution in [0, 0.1) is 5.92 Å². The third-order valence-corrected chi connectivity index (χ3v) is 4.11. The van der Waals surface area contributed by atoms with E-state index in [1.807, 2.05) is 18.2 Å². The predicted molar refractivity (Wildman–Crippen MR) is 71.9 cm³/mol. The van der Waals surface area contributed by atoms with Crippen LogP contribution >= 0.6 is 11.8 Å². The molecule has 2 heterocycles. The van der Waals surface area contributed by atoms with Crippen LogP contribution in [0.25, 0.3) is 0 Å². The monoisotopic (exact) mass is 280 g/mol. The number of amides is 1. The molecule has 5 nitrogen and oxygen atoms in total. The fourth-order valence-electron chi connectivity index (χ4n) is 2.04. The molecule has 1 N–H and O–H groups in total. The quantitative estimate of drug-likeness (QED) is 0.846. The van der Waals surface area contributed by atoms with Gasteiger partial charge in [-0.1, -0.05) is 17.8 Å². The highest BCUT2D eigenvalue weighted by molar-refractivity contribution is 7.99. The lowest BCUT2D eigenvalue weighted by atomic mass is 9.97. The molecule has 1 aromatic heterocycles. The van der Waals surface area contributed by atoms with E-state index in [0.717, 1.165) is 5.03 Å². The summed E-state index contributed by atoms with van der Waals surface area (Å²) < 4.78 is 0. The molecular weight excluding hydrogens is 264 g/mol. The van der Waals surface area contributed by atoms with Crippen molar-refractivity contribution in [2.75, 3.05) is 18.8 Å². The largest absolute Gasteiger partial charge is 0.481 e. The average Bonchev–Trinajstić information content (AvgIpc) is 2.46. The number of rotatable bonds is 4. The molecule has 1 fully saturated rings. The molecule has 1 aliphatic rings. The second-order valence-electron chi connectivity index (χ2n) is 4.45. The molecule has 102 valence electrons. The van der Waals surface area contributed by atoms with Gasteiger partial charge >= 0.3 is 5.97 Å². The number of thioether (sulfide) groups is 1. The topological polar surface area (TPSA) is 70.5 Å². The van der Waals surface area contributed by atoms with Crippen LogP contribution in [0.1, 0.15) is 12.8 Å². The molecule has 0 spiro atoms. The summed E-state index contributed by atoms with van der Waals surface area (Å²) in [5.41, 5.74) is 0. The van der Waals surface area contributed by atoms with E-state index in [2.05, 4.69) is 4.98 Å². The van der Waals surface area contributed by atoms with E-state index in [9.17, 15) is 9.59 Å². The van der Waals surface area contributed by atoms with Crippen molar-refractivity contribution in [2.45, 2.75) is 17.9 Å². The van der Waals surface area contributed by atoms with E-state index in [1.54, 1.807) is 11.1 Å². The molecule has 0 bridgehead atoms. The summed E-state index contributed by atoms with van der Waals surface area (Å²) in [6.45, 7) is 1.08. The van der Waals surface area contributed by atoms with Gasteiger partial charge in [0.25, 0.3) is 0 Å². The first kappa shape index (κ1) is 13.9. The number of aromatic nitrogens is 1. The minimum Gasteiger partial charge on any atom is -0.481 e. The Hall–Kier alpha value is -1.56. The van der Waals surface area contributed by atoms with Crippen LogP contribution < -0.4 is 0 Å². The SMILES string of the molecule is O=C(O)C1CCN(C(=O)CSc2ccccn2)CC1. The zero-order valence-corrected chi connectivity index (χ0v) is 11.3. The number of aliphatic carboxylic acids is 1. The molecule has 1 saturated heterocycles. The van der Waals surface area contributed by atoms with Gasteiger partial charge in [0, 0.05) is 19.3 Å². The number of nitrogens with zero attached hydrogens (tertiary/aromatic N) is 2. The van der Waals surface area contributed by atoms with Crippen molar-refractivity contribution in [3.63, 3.8) is 0 Å². The molecule has 0 atom stereocenters. The predicted octanol–water partition coefficient (Wildman–Crippen LogP) is 1.50. The molecule has 6 heteroatoms. The van der Waals surface area contributed by atoms with E-state index in [-0.39, 0.29) is 11.8 Å². The first-order valence-corrected chi connectivity index (χ1v) is 7.20. The van der Waals surface area contributed by atoms with Gasteiger partial charge in [-0.15, -0.1) is 0 Å². The summed E-state index contributed by atoms with van der Waals surface area (Å²) in [4.78, 5) is 28.7. The number of carboxylic acids is 1. The minimum absolute atomic E-state index is 0.0551. The smallest absolute Gasteiger partial charge is 0.306 e. The van der Waals surface area contributed by atoms with Crippen molar-refractivity contribution in [3.8, 4) is 0 Å². The van der Waals surface area contributed by atoms with Gasteiger partial charge in [-0.25, -0.2) is 4.98 Å². The van der Waals surface area contributed by atoms with Crippen LogP contribution in [0.3, 0.4) is 0 Å². The van der Waals surface area contributed by atoms with Crippen LogP contribution in [0.5, 0.6) is 0 Å². The van der Waals surface area contributed by atoms with E-state index in [4.69, 9.17) is 5.11 Å². The summed E-state index contributed by atoms with van der Waals surface area (Å²) in [6, 6.07) is 5.59. The Kier molecular flexibility index (Phi) is 4.79. The first-order chi connectivity index (χ1) is 9.16. The van der Waals surface area contributed by atoms with Crippen LogP contribution in [0.2, 0.25) is 0 Å². The molecule has 1 aromatic rings. The Morgan fingerprint density at radius 3 is 2.68 bits per heavy atom. The fourth-order valence-corrected chi connectivity index (χ4v) is 2.80. The second-order valence-corrected chi connectivity index (χ2v) is 5.45. The Labute approximate surface area is 116 Å². The lowest BCUT2D eigenvalue weighted by Gasteiger charge is -2.30. The number of hydrogen-bond acceptors (Lipinski definition) is 4. The summed E-state index contributed by atoms with van der Waals surface area (Å²) in [5, 5.41) is 9.73. The molecule has 1 aliphatic heterocycles. The van der Waals surface area contributed by atoms with Crippen molar-refractivity contribution in [3.05, 3.63) is 24.4 Å². The van der Waals surface area contributed by atoms with Gasteiger partial charge in [-0.3, -0.25) is 9.59 Å². The molecule has 0 saturated carbocycles. The highest BCUT2D eigenvalue weighted by Crippen LogP contribution is 2.20. The van der Waals surface area contributed by atoms with Gasteiger partial charge in [0.2, 0.25) is 5.91 Å². The minimum atomic E-state index is -0.755. The number of carboxylic acid groups (broad SMARTS) is 1. The third-order valence-electron chi connectivity index (χ3n) is 3.18. The molecular formula is C13H16N2O3S. The second kappa shape index (κ2) is 6.56. The summed E-state index contributed by atoms with van der Waals surface area (Å²) >= 11 is 1.41. The van der Waals surface area contributed by atoms with Crippen molar-refractivity contribution in [2.24, 2.45) is 5.92 Å². The molecule has 0 aromatic carbocycles. The molecule has 0 aliphatic carbocycles. The van der Waals surface area contributed by atoms with Gasteiger partial charge in [0.05, 0.1) is 16.7 Å². The number of carbonyl (C=O) groups is 2. The Morgan fingerprint density at radius 1 is 1.37 bits per heavy atom. The summed E-state index contributed by atoms with van der Waals surface area (Å²) in [5.74, 6) is -0.642. The third kappa shape index (κ3) is 3.96. The standard InChI is InChI=1S/C13H16N2O3S/c16-12(9-19-11-3-1-2-6-14-11)15-7-4-10(5-8-15)13(17)18/h1-3,6,10H,4-5,7-9H2,(H,17,18). The molecule has 0 radical (unpaired) electrons. The molecule has 19 heavy (non-hydrogen) atoms. The highest BCUT2D eigenvalue weighted by atomic mass is 32.2. The van der Waals surface area contributed by atoms with Crippen LogP contribution in [-0.4, -0.2) is 45.7 Å². The maximum Gasteiger partial charge on any atom is 0.306 e. The van der Waals surface area contributed by atoms with Crippen molar-refractivity contribution >= 4 is 23.6 Å². The van der Waals surface area contributed by atoms with E-state index < -0.39 is 5.97 Å². The van der Waals surface area contributed by atoms with Crippen molar-refractivity contribution in [1.82, 2.24) is 9.88 Å². The number of likely N-dealkylation sites (tertiary alicyclic amines) is 1. The van der Waals surface area contributed by atoms with E-state index in [0.29, 0.717) is 31.7 Å². The van der Waals surface area contributed by atoms with Crippen LogP contribution in [0.4, 0.5) is 0 Å². The summed E-state index contributed by atoms with van der Waals surface area (Å²) in [6.07, 6.45) is 2.80. The molecule has 2 rings (SSSR count). The number of hydrogen-bond donors (Lipinski definition) is 1. The number of pyridine rings is 1. The maximum atomic E-state index is 12.0. The van der Waals surface area contributed by atoms with Crippen molar-refractivity contribution < 1.29 is 14.7 Å². The van der Waals surface area contributed by atoms with Crippen molar-refractivity contribution in [1.29, 1.82) is 0 Å². The highest BCUT2D eigenvalue weighted by Gasteiger charge is 2.26. The normalized spacial score (nSPS) is 16.3. The average molecular weight is 280 g/mol. The fraction of sp³-hybridized carbons (Fsp3) is 0.462. The lowest BCUT2D eigenvalue weighted by Crippen LogP contribution is -2.41. The van der Waals surface area contributed by atoms with Gasteiger partial charge in [-0.2, -0.15) is 0 Å². The first-order valence-electron chi connectivity index (χ1n) is 6.21. The van der Waals surface area contributed by atoms with Gasteiger partial charge in [0.15, 0.2) is 0 Å². The Morgan fingerprint density at radius 2 is 2.11 bits per heavy atom. The van der Waals surface area contributed by atoms with E-state index >= 15 is 0 Å². The van der Waals surface area contributed by atoms with Crippen LogP contribution in [0.15, 0.2) is 29.4 Å². The van der Waals surface area contributed by atoms with E-state index in [1.165, 1.54) is 11.8 Å². The molecule has 1 amide bonds. The molecule has 0 unspecified atom stereocenters. The number of piperidine rings is 1. The lowest BCUT2D eigenvalue weighted by molar-refractivity contribution is -0.145. The Bertz CT molecular complexity index is 444. The van der Waals surface area contributed by atoms with Gasteiger partial charge < -0.3 is 10.0 Å². The summed E-state index contributed by atoms with van der Waals surface area (Å²) in [7, 11) is 0. The van der Waals surface area contributed by atoms with Gasteiger partial charge in [-0.05, 0) is 25.0 Å². The number of carbonyl (C=O) groups excluding carboxylic acids is 1. The Balaban J connectivity index is 1.77. The zero-order chi connectivity index (χ0) is 13.7. The zero-order valence-electron chi connectivity index (χ0n) is 10.5.